The van der Waals surface area contributed by atoms with Crippen molar-refractivity contribution in [3.63, 3.8) is 0 Å². The van der Waals surface area contributed by atoms with Crippen LogP contribution in [0.3, 0.4) is 0 Å². The number of likely N-dealkylation sites (N-methyl/N-ethyl adjacent to an activating group) is 1. The zero-order valence-corrected chi connectivity index (χ0v) is 13.0. The number of nitrogens with two attached hydrogens (primary N) is 1. The molecule has 1 rings (SSSR count). The summed E-state index contributed by atoms with van der Waals surface area (Å²) in [5.41, 5.74) is 2.78. The van der Waals surface area contributed by atoms with Gasteiger partial charge in [-0.2, -0.15) is 0 Å². The van der Waals surface area contributed by atoms with Crippen LogP contribution in [0.25, 0.3) is 0 Å². The fourth-order valence-electron chi connectivity index (χ4n) is 1.74. The van der Waals surface area contributed by atoms with E-state index in [1.807, 2.05) is 19.0 Å². The third kappa shape index (κ3) is 4.63. The van der Waals surface area contributed by atoms with Crippen LogP contribution in [0.5, 0.6) is 0 Å². The Morgan fingerprint density at radius 2 is 2.15 bits per heavy atom. The molecule has 0 spiro atoms. The van der Waals surface area contributed by atoms with Crippen molar-refractivity contribution < 1.29 is 4.79 Å². The van der Waals surface area contributed by atoms with Crippen molar-refractivity contribution in [2.75, 3.05) is 26.1 Å². The van der Waals surface area contributed by atoms with E-state index in [2.05, 4.69) is 29.6 Å². The summed E-state index contributed by atoms with van der Waals surface area (Å²) in [5, 5.41) is 3.31. The Hall–Kier alpha value is -1.37. The first-order valence-corrected chi connectivity index (χ1v) is 6.80. The second-order valence-corrected chi connectivity index (χ2v) is 5.69. The molecule has 0 radical (unpaired) electrons. The third-order valence-electron chi connectivity index (χ3n) is 2.92. The lowest BCUT2D eigenvalue weighted by atomic mass is 10.0. The molecule has 1 heterocycles. The number of anilines is 1. The number of carbonyl (C=O) groups excluding carboxylic acids is 1. The van der Waals surface area contributed by atoms with Gasteiger partial charge in [-0.3, -0.25) is 4.79 Å². The van der Waals surface area contributed by atoms with Gasteiger partial charge in [-0.15, -0.1) is 0 Å². The monoisotopic (exact) mass is 299 g/mol. The molecule has 112 valence electrons. The van der Waals surface area contributed by atoms with Gasteiger partial charge < -0.3 is 15.6 Å². The highest BCUT2D eigenvalue weighted by atomic mass is 35.5. The van der Waals surface area contributed by atoms with Gasteiger partial charge in [-0.05, 0) is 26.1 Å². The normalized spacial score (nSPS) is 12.6. The van der Waals surface area contributed by atoms with E-state index in [1.165, 1.54) is 6.20 Å². The minimum absolute atomic E-state index is 0.0589. The highest BCUT2D eigenvalue weighted by Gasteiger charge is 2.18. The highest BCUT2D eigenvalue weighted by molar-refractivity contribution is 6.33. The van der Waals surface area contributed by atoms with Crippen LogP contribution in [0.2, 0.25) is 5.02 Å². The number of nitrogens with zero attached hydrogens (tertiary/aromatic N) is 2. The van der Waals surface area contributed by atoms with Crippen molar-refractivity contribution in [3.05, 3.63) is 22.8 Å². The first-order valence-electron chi connectivity index (χ1n) is 6.43. The molecule has 1 atom stereocenters. The fraction of sp³-hybridized carbons (Fsp3) is 0.538. The molecule has 6 nitrogen and oxygen atoms in total. The summed E-state index contributed by atoms with van der Waals surface area (Å²) in [5.74, 6) is 5.73. The Bertz CT molecular complexity index is 464. The van der Waals surface area contributed by atoms with Crippen LogP contribution >= 0.6 is 11.6 Å². The number of nitrogen functional groups attached to an aromatic ring is 1. The Balaban J connectivity index is 2.81. The molecule has 0 aromatic carbocycles. The van der Waals surface area contributed by atoms with Crippen LogP contribution in [0.4, 0.5) is 5.82 Å². The van der Waals surface area contributed by atoms with Crippen molar-refractivity contribution >= 4 is 23.3 Å². The molecule has 7 heteroatoms. The lowest BCUT2D eigenvalue weighted by molar-refractivity contribution is 0.0916. The molecule has 4 N–H and O–H groups in total. The molecular weight excluding hydrogens is 278 g/mol. The van der Waals surface area contributed by atoms with Crippen LogP contribution in [0.1, 0.15) is 24.2 Å². The van der Waals surface area contributed by atoms with Crippen LogP contribution in [0.15, 0.2) is 12.3 Å². The van der Waals surface area contributed by atoms with E-state index in [0.29, 0.717) is 22.3 Å². The third-order valence-corrected chi connectivity index (χ3v) is 3.21. The first kappa shape index (κ1) is 16.7. The van der Waals surface area contributed by atoms with Gasteiger partial charge in [0.25, 0.3) is 5.91 Å². The molecule has 0 saturated carbocycles. The van der Waals surface area contributed by atoms with Crippen molar-refractivity contribution in [1.29, 1.82) is 0 Å². The van der Waals surface area contributed by atoms with E-state index in [1.54, 1.807) is 6.07 Å². The summed E-state index contributed by atoms with van der Waals surface area (Å²) in [7, 11) is 3.95. The second-order valence-electron chi connectivity index (χ2n) is 5.28. The summed E-state index contributed by atoms with van der Waals surface area (Å²) in [6.45, 7) is 4.91. The summed E-state index contributed by atoms with van der Waals surface area (Å²) >= 11 is 5.96. The maximum absolute atomic E-state index is 12.2. The number of hydrogen-bond acceptors (Lipinski definition) is 5. The molecule has 0 aliphatic heterocycles. The van der Waals surface area contributed by atoms with Gasteiger partial charge in [-0.1, -0.05) is 25.4 Å². The van der Waals surface area contributed by atoms with Crippen LogP contribution < -0.4 is 16.6 Å². The van der Waals surface area contributed by atoms with E-state index in [9.17, 15) is 4.79 Å². The minimum Gasteiger partial charge on any atom is -0.348 e. The molecule has 0 saturated heterocycles. The van der Waals surface area contributed by atoms with Crippen molar-refractivity contribution in [1.82, 2.24) is 15.2 Å². The largest absolute Gasteiger partial charge is 0.348 e. The number of halogens is 1. The maximum atomic E-state index is 12.2. The van der Waals surface area contributed by atoms with E-state index in [-0.39, 0.29) is 11.9 Å². The Labute approximate surface area is 124 Å². The summed E-state index contributed by atoms with van der Waals surface area (Å²) < 4.78 is 0. The van der Waals surface area contributed by atoms with Gasteiger partial charge in [0.15, 0.2) is 5.82 Å². The lowest BCUT2D eigenvalue weighted by Gasteiger charge is -2.25. The van der Waals surface area contributed by atoms with Crippen molar-refractivity contribution in [2.45, 2.75) is 19.9 Å². The van der Waals surface area contributed by atoms with Crippen LogP contribution in [-0.4, -0.2) is 42.5 Å². The summed E-state index contributed by atoms with van der Waals surface area (Å²) in [4.78, 5) is 18.2. The maximum Gasteiger partial charge on any atom is 0.253 e. The number of aromatic nitrogens is 1. The first-order chi connectivity index (χ1) is 9.35. The van der Waals surface area contributed by atoms with E-state index >= 15 is 0 Å². The molecule has 1 amide bonds. The number of amides is 1. The van der Waals surface area contributed by atoms with Crippen LogP contribution in [-0.2, 0) is 0 Å². The Morgan fingerprint density at radius 3 is 2.60 bits per heavy atom. The zero-order chi connectivity index (χ0) is 15.3. The molecule has 1 aromatic heterocycles. The fourth-order valence-corrected chi connectivity index (χ4v) is 1.96. The molecule has 0 aliphatic carbocycles. The van der Waals surface area contributed by atoms with Gasteiger partial charge >= 0.3 is 0 Å². The van der Waals surface area contributed by atoms with Crippen molar-refractivity contribution in [2.24, 2.45) is 11.8 Å². The standard InChI is InChI=1S/C13H22ClN5O/c1-8(2)11(7-19(3)4)17-13(20)9-5-10(14)12(18-15)16-6-9/h5-6,8,11H,7,15H2,1-4H3,(H,16,18)(H,17,20). The predicted octanol–water partition coefficient (Wildman–Crippen LogP) is 1.34. The highest BCUT2D eigenvalue weighted by Crippen LogP contribution is 2.19. The SMILES string of the molecule is CC(C)C(CN(C)C)NC(=O)c1cnc(NN)c(Cl)c1. The van der Waals surface area contributed by atoms with Gasteiger partial charge in [0.05, 0.1) is 10.6 Å². The van der Waals surface area contributed by atoms with Gasteiger partial charge in [0.1, 0.15) is 0 Å². The van der Waals surface area contributed by atoms with Gasteiger partial charge in [0, 0.05) is 18.8 Å². The van der Waals surface area contributed by atoms with E-state index < -0.39 is 0 Å². The summed E-state index contributed by atoms with van der Waals surface area (Å²) in [6.07, 6.45) is 1.45. The van der Waals surface area contributed by atoms with Crippen LogP contribution in [0, 0.1) is 5.92 Å². The average molecular weight is 300 g/mol. The number of hydrogen-bond donors (Lipinski definition) is 3. The number of rotatable bonds is 6. The smallest absolute Gasteiger partial charge is 0.253 e. The molecule has 20 heavy (non-hydrogen) atoms. The minimum atomic E-state index is -0.191. The number of nitrogens with one attached hydrogen (secondary N) is 2. The Morgan fingerprint density at radius 1 is 1.50 bits per heavy atom. The second kappa shape index (κ2) is 7.42. The Kier molecular flexibility index (Phi) is 6.19. The molecular formula is C13H22ClN5O. The molecule has 0 aliphatic rings. The van der Waals surface area contributed by atoms with Gasteiger partial charge in [-0.25, -0.2) is 10.8 Å². The summed E-state index contributed by atoms with van der Waals surface area (Å²) in [6, 6.07) is 1.61. The molecule has 1 aromatic rings. The zero-order valence-electron chi connectivity index (χ0n) is 12.3. The molecule has 0 fully saturated rings. The average Bonchev–Trinajstić information content (AvgIpc) is 2.37. The lowest BCUT2D eigenvalue weighted by Crippen LogP contribution is -2.45. The predicted molar refractivity (Wildman–Crippen MR) is 81.7 cm³/mol. The number of hydrazine groups is 1. The quantitative estimate of drug-likeness (QED) is 0.545. The van der Waals surface area contributed by atoms with E-state index in [4.69, 9.17) is 17.4 Å². The van der Waals surface area contributed by atoms with E-state index in [0.717, 1.165) is 6.54 Å². The number of carbonyl (C=O) groups is 1. The number of pyridine rings is 1. The van der Waals surface area contributed by atoms with Crippen molar-refractivity contribution in [3.8, 4) is 0 Å². The molecule has 0 bridgehead atoms. The van der Waals surface area contributed by atoms with Gasteiger partial charge in [0.2, 0.25) is 0 Å². The topological polar surface area (TPSA) is 83.3 Å². The molecule has 1 unspecified atom stereocenters.